The third kappa shape index (κ3) is 17.3. The summed E-state index contributed by atoms with van der Waals surface area (Å²) in [6.07, 6.45) is 10.2. The van der Waals surface area contributed by atoms with Gasteiger partial charge >= 0.3 is 0 Å². The predicted octanol–water partition coefficient (Wildman–Crippen LogP) is 5.90. The molecule has 2 atom stereocenters. The molecular formula is C35H69N9O2S. The number of nitrogens with one attached hydrogen (secondary N) is 4. The van der Waals surface area contributed by atoms with E-state index in [1.807, 2.05) is 13.8 Å². The molecule has 0 aromatic carbocycles. The number of Topliss-reactive ketones (excluding diaryl/α,β-unsaturated/α-hetero) is 1. The molecule has 0 spiro atoms. The highest BCUT2D eigenvalue weighted by Crippen LogP contribution is 2.28. The van der Waals surface area contributed by atoms with Crippen molar-refractivity contribution in [2.75, 3.05) is 42.6 Å². The largest absolute Gasteiger partial charge is 0.354 e. The second-order valence-corrected chi connectivity index (χ2v) is 15.2. The Kier molecular flexibility index (Phi) is 21.4. The van der Waals surface area contributed by atoms with Crippen molar-refractivity contribution in [3.63, 3.8) is 0 Å². The van der Waals surface area contributed by atoms with Gasteiger partial charge in [-0.1, -0.05) is 66.6 Å². The number of nitrogens with zero attached hydrogens (tertiary/aromatic N) is 3. The van der Waals surface area contributed by atoms with E-state index < -0.39 is 17.5 Å². The first-order valence-corrected chi connectivity index (χ1v) is 19.2. The Balaban J connectivity index is 3.25. The van der Waals surface area contributed by atoms with E-state index in [1.54, 1.807) is 11.8 Å². The number of hydrogen-bond acceptors (Lipinski definition) is 11. The van der Waals surface area contributed by atoms with Crippen molar-refractivity contribution in [3.8, 4) is 0 Å². The number of unbranched alkanes of at least 4 members (excludes halogenated alkanes) is 2. The number of ketones is 1. The van der Waals surface area contributed by atoms with Gasteiger partial charge in [0, 0.05) is 23.3 Å². The van der Waals surface area contributed by atoms with Crippen LogP contribution in [-0.2, 0) is 9.59 Å². The average Bonchev–Trinajstić information content (AvgIpc) is 3.03. The van der Waals surface area contributed by atoms with Gasteiger partial charge < -0.3 is 32.7 Å². The number of hydrogen-bond donors (Lipinski definition) is 6. The first-order chi connectivity index (χ1) is 22.3. The first-order valence-electron chi connectivity index (χ1n) is 18.2. The minimum Gasteiger partial charge on any atom is -0.354 e. The fraction of sp³-hybridized carbons (Fsp3) is 0.857. The van der Waals surface area contributed by atoms with Crippen LogP contribution < -0.4 is 32.7 Å². The minimum absolute atomic E-state index is 0.0872. The molecule has 1 aromatic heterocycles. The highest BCUT2D eigenvalue weighted by atomic mass is 32.2. The summed E-state index contributed by atoms with van der Waals surface area (Å²) >= 11 is 1.56. The number of nitrogens with two attached hydrogens (primary N) is 2. The smallest absolute Gasteiger partial charge is 0.242 e. The van der Waals surface area contributed by atoms with Crippen LogP contribution in [-0.4, -0.2) is 76.2 Å². The molecule has 2 unspecified atom stereocenters. The van der Waals surface area contributed by atoms with Crippen LogP contribution in [0.1, 0.15) is 132 Å². The van der Waals surface area contributed by atoms with Crippen molar-refractivity contribution in [2.24, 2.45) is 22.8 Å². The van der Waals surface area contributed by atoms with Gasteiger partial charge in [-0.2, -0.15) is 15.0 Å². The van der Waals surface area contributed by atoms with E-state index in [9.17, 15) is 9.59 Å². The van der Waals surface area contributed by atoms with Gasteiger partial charge in [-0.05, 0) is 103 Å². The Bertz CT molecular complexity index is 1020. The SMILES string of the molecule is CCCC(C)(C)C(=O)C(CCCCN)Nc1nc(NC(CCCCN)C(=O)NCCCNC(C)(CC)CC)nc(SCCC(C)C)n1. The van der Waals surface area contributed by atoms with E-state index in [0.717, 1.165) is 76.5 Å². The second kappa shape index (κ2) is 23.4. The number of anilines is 2. The molecule has 0 fully saturated rings. The predicted molar refractivity (Wildman–Crippen MR) is 199 cm³/mol. The van der Waals surface area contributed by atoms with Crippen LogP contribution in [0.15, 0.2) is 5.16 Å². The van der Waals surface area contributed by atoms with E-state index >= 15 is 0 Å². The fourth-order valence-corrected chi connectivity index (χ4v) is 6.38. The topological polar surface area (TPSA) is 173 Å². The van der Waals surface area contributed by atoms with E-state index in [1.165, 1.54) is 0 Å². The fourth-order valence-electron chi connectivity index (χ4n) is 5.30. The number of rotatable bonds is 28. The zero-order valence-electron chi connectivity index (χ0n) is 31.0. The van der Waals surface area contributed by atoms with Crippen LogP contribution in [0.2, 0.25) is 0 Å². The number of carbonyl (C=O) groups is 2. The Morgan fingerprint density at radius 1 is 0.787 bits per heavy atom. The first kappa shape index (κ1) is 43.0. The molecule has 0 bridgehead atoms. The van der Waals surface area contributed by atoms with Crippen LogP contribution in [0.4, 0.5) is 11.9 Å². The number of carbonyl (C=O) groups excluding carboxylic acids is 2. The third-order valence-electron chi connectivity index (χ3n) is 8.98. The van der Waals surface area contributed by atoms with E-state index in [-0.39, 0.29) is 17.2 Å². The molecule has 272 valence electrons. The molecule has 0 radical (unpaired) electrons. The summed E-state index contributed by atoms with van der Waals surface area (Å²) in [6.45, 7) is 19.7. The highest BCUT2D eigenvalue weighted by Gasteiger charge is 2.33. The summed E-state index contributed by atoms with van der Waals surface area (Å²) in [5, 5.41) is 14.0. The van der Waals surface area contributed by atoms with Crippen molar-refractivity contribution in [2.45, 2.75) is 155 Å². The lowest BCUT2D eigenvalue weighted by Gasteiger charge is -2.29. The summed E-state index contributed by atoms with van der Waals surface area (Å²) in [6, 6.07) is -0.980. The third-order valence-corrected chi connectivity index (χ3v) is 9.86. The number of aromatic nitrogens is 3. The molecule has 11 nitrogen and oxygen atoms in total. The van der Waals surface area contributed by atoms with Gasteiger partial charge in [0.05, 0.1) is 6.04 Å². The summed E-state index contributed by atoms with van der Waals surface area (Å²) in [7, 11) is 0. The Hall–Kier alpha value is -2.02. The number of thioether (sulfide) groups is 1. The maximum atomic E-state index is 13.8. The molecule has 0 aliphatic carbocycles. The molecule has 0 aliphatic rings. The Morgan fingerprint density at radius 2 is 1.36 bits per heavy atom. The van der Waals surface area contributed by atoms with E-state index in [4.69, 9.17) is 26.4 Å². The maximum Gasteiger partial charge on any atom is 0.242 e. The summed E-state index contributed by atoms with van der Waals surface area (Å²) in [5.41, 5.74) is 11.2. The van der Waals surface area contributed by atoms with Gasteiger partial charge in [-0.3, -0.25) is 9.59 Å². The highest BCUT2D eigenvalue weighted by molar-refractivity contribution is 7.99. The summed E-state index contributed by atoms with van der Waals surface area (Å²) in [4.78, 5) is 41.4. The van der Waals surface area contributed by atoms with Crippen LogP contribution in [0.5, 0.6) is 0 Å². The van der Waals surface area contributed by atoms with Crippen LogP contribution in [0, 0.1) is 11.3 Å². The molecule has 0 aliphatic heterocycles. The van der Waals surface area contributed by atoms with Gasteiger partial charge in [0.1, 0.15) is 6.04 Å². The van der Waals surface area contributed by atoms with Crippen LogP contribution in [0.3, 0.4) is 0 Å². The van der Waals surface area contributed by atoms with E-state index in [2.05, 4.69) is 62.8 Å². The van der Waals surface area contributed by atoms with Crippen molar-refractivity contribution in [3.05, 3.63) is 0 Å². The summed E-state index contributed by atoms with van der Waals surface area (Å²) < 4.78 is 0. The lowest BCUT2D eigenvalue weighted by molar-refractivity contribution is -0.128. The summed E-state index contributed by atoms with van der Waals surface area (Å²) in [5.74, 6) is 2.13. The lowest BCUT2D eigenvalue weighted by atomic mass is 9.79. The lowest BCUT2D eigenvalue weighted by Crippen LogP contribution is -2.44. The molecule has 0 saturated carbocycles. The van der Waals surface area contributed by atoms with Crippen molar-refractivity contribution in [1.82, 2.24) is 25.6 Å². The van der Waals surface area contributed by atoms with Gasteiger partial charge in [0.2, 0.25) is 17.8 Å². The Morgan fingerprint density at radius 3 is 1.89 bits per heavy atom. The molecule has 1 amide bonds. The maximum absolute atomic E-state index is 13.8. The van der Waals surface area contributed by atoms with Gasteiger partial charge in [0.25, 0.3) is 0 Å². The standard InChI is InChI=1S/C35H69N9O2S/c1-9-20-34(6,7)29(45)27(17-12-14-21-36)40-31-42-32(44-33(43-31)47-25-19-26(4)5)41-28(18-13-15-22-37)30(46)38-23-16-24-39-35(8,10-2)11-3/h26-28,39H,9-25,36-37H2,1-8H3,(H,38,46)(H2,40,41,42,43,44). The number of amides is 1. The molecular weight excluding hydrogens is 611 g/mol. The quantitative estimate of drug-likeness (QED) is 0.0460. The zero-order chi connectivity index (χ0) is 35.3. The van der Waals surface area contributed by atoms with E-state index in [0.29, 0.717) is 55.4 Å². The Labute approximate surface area is 290 Å². The molecule has 47 heavy (non-hydrogen) atoms. The molecule has 0 saturated heterocycles. The van der Waals surface area contributed by atoms with Crippen LogP contribution in [0.25, 0.3) is 0 Å². The zero-order valence-corrected chi connectivity index (χ0v) is 31.8. The normalized spacial score (nSPS) is 13.4. The van der Waals surface area contributed by atoms with Crippen molar-refractivity contribution >= 4 is 35.3 Å². The van der Waals surface area contributed by atoms with Gasteiger partial charge in [0.15, 0.2) is 10.9 Å². The molecule has 12 heteroatoms. The van der Waals surface area contributed by atoms with Crippen molar-refractivity contribution < 1.29 is 9.59 Å². The monoisotopic (exact) mass is 680 g/mol. The molecule has 1 aromatic rings. The molecule has 1 rings (SSSR count). The van der Waals surface area contributed by atoms with Crippen LogP contribution >= 0.6 is 11.8 Å². The minimum atomic E-state index is -0.528. The second-order valence-electron chi connectivity index (χ2n) is 14.1. The van der Waals surface area contributed by atoms with Crippen molar-refractivity contribution in [1.29, 1.82) is 0 Å². The van der Waals surface area contributed by atoms with Gasteiger partial charge in [-0.25, -0.2) is 0 Å². The van der Waals surface area contributed by atoms with Gasteiger partial charge in [-0.15, -0.1) is 0 Å². The average molecular weight is 680 g/mol. The molecule has 8 N–H and O–H groups in total. The molecule has 1 heterocycles.